The second-order valence-corrected chi connectivity index (χ2v) is 11.4. The van der Waals surface area contributed by atoms with Crippen molar-refractivity contribution in [2.45, 2.75) is 109 Å². The Morgan fingerprint density at radius 3 is 2.03 bits per heavy atom. The molecule has 1 atom stereocenters. The molecule has 0 unspecified atom stereocenters. The number of hydrogen-bond acceptors (Lipinski definition) is 5. The minimum Gasteiger partial charge on any atom is -0.351 e. The van der Waals surface area contributed by atoms with Crippen LogP contribution in [0.2, 0.25) is 0 Å². The molecular formula is C27H46BrNO5P+. The number of halogens is 1. The van der Waals surface area contributed by atoms with Gasteiger partial charge in [-0.3, -0.25) is 4.79 Å². The van der Waals surface area contributed by atoms with E-state index in [0.29, 0.717) is 12.8 Å². The fourth-order valence-corrected chi connectivity index (χ4v) is 4.55. The number of nitrogens with one attached hydrogen (secondary N) is 1. The molecule has 0 saturated heterocycles. The van der Waals surface area contributed by atoms with Gasteiger partial charge in [0.1, 0.15) is 6.61 Å². The number of carbonyl (C=O) groups is 1. The Balaban J connectivity index is 2.15. The number of unbranched alkanes of at least 4 members (excludes halogenated alkanes) is 11. The van der Waals surface area contributed by atoms with Gasteiger partial charge in [-0.1, -0.05) is 98.5 Å². The van der Waals surface area contributed by atoms with E-state index in [4.69, 9.17) is 19.2 Å². The average Bonchev–Trinajstić information content (AvgIpc) is 2.81. The van der Waals surface area contributed by atoms with Crippen LogP contribution >= 0.6 is 24.1 Å². The van der Waals surface area contributed by atoms with Crippen molar-refractivity contribution in [3.05, 3.63) is 46.5 Å². The van der Waals surface area contributed by atoms with Gasteiger partial charge in [-0.15, -0.1) is 0 Å². The first kappa shape index (κ1) is 32.2. The fourth-order valence-electron chi connectivity index (χ4n) is 3.90. The number of amides is 1. The van der Waals surface area contributed by atoms with E-state index in [-0.39, 0.29) is 12.5 Å². The summed E-state index contributed by atoms with van der Waals surface area (Å²) in [5.74, 6) is -0.0916. The molecule has 4 N–H and O–H groups in total. The highest BCUT2D eigenvalue weighted by atomic mass is 79.9. The number of allylic oxidation sites excluding steroid dienone is 2. The summed E-state index contributed by atoms with van der Waals surface area (Å²) in [7, 11) is -4.34. The van der Waals surface area contributed by atoms with Crippen molar-refractivity contribution in [2.75, 3.05) is 6.61 Å². The first-order valence-corrected chi connectivity index (χ1v) is 15.6. The summed E-state index contributed by atoms with van der Waals surface area (Å²) < 4.78 is 5.72. The lowest BCUT2D eigenvalue weighted by atomic mass is 10.1. The molecule has 0 heterocycles. The highest BCUT2D eigenvalue weighted by Crippen LogP contribution is 2.45. The smallest absolute Gasteiger partial charge is 0.351 e. The van der Waals surface area contributed by atoms with Gasteiger partial charge in [0, 0.05) is 10.9 Å². The highest BCUT2D eigenvalue weighted by molar-refractivity contribution is 9.10. The molecule has 1 rings (SSSR count). The minimum absolute atomic E-state index is 0.0916. The van der Waals surface area contributed by atoms with Crippen LogP contribution in [0.25, 0.3) is 0 Å². The Morgan fingerprint density at radius 1 is 0.914 bits per heavy atom. The van der Waals surface area contributed by atoms with Gasteiger partial charge in [-0.05, 0) is 56.2 Å². The minimum atomic E-state index is -4.34. The monoisotopic (exact) mass is 574 g/mol. The summed E-state index contributed by atoms with van der Waals surface area (Å²) in [6.07, 6.45) is 21.3. The van der Waals surface area contributed by atoms with Crippen LogP contribution in [0.5, 0.6) is 0 Å². The molecule has 6 nitrogen and oxygen atoms in total. The molecule has 0 fully saturated rings. The van der Waals surface area contributed by atoms with Crippen LogP contribution in [0.15, 0.2) is 40.9 Å². The first-order chi connectivity index (χ1) is 16.8. The van der Waals surface area contributed by atoms with E-state index in [1.54, 1.807) is 0 Å². The van der Waals surface area contributed by atoms with Crippen LogP contribution in [-0.2, 0) is 15.7 Å². The predicted octanol–water partition coefficient (Wildman–Crippen LogP) is 7.19. The topological polar surface area (TPSA) is 99.0 Å². The van der Waals surface area contributed by atoms with Gasteiger partial charge < -0.3 is 5.32 Å². The quantitative estimate of drug-likeness (QED) is 0.0707. The maximum absolute atomic E-state index is 12.4. The SMILES string of the molecule is CCCCCCCC/C=C\CCCCCCCC(=O)N[C@H](CO[P+](O)(O)O)Cc1ccc(Br)cc1. The predicted molar refractivity (Wildman–Crippen MR) is 149 cm³/mol. The summed E-state index contributed by atoms with van der Waals surface area (Å²) in [5, 5.41) is 2.90. The van der Waals surface area contributed by atoms with Gasteiger partial charge in [0.15, 0.2) is 0 Å². The normalized spacial score (nSPS) is 12.8. The zero-order valence-corrected chi connectivity index (χ0v) is 23.8. The van der Waals surface area contributed by atoms with Crippen LogP contribution in [-0.4, -0.2) is 33.2 Å². The third-order valence-electron chi connectivity index (χ3n) is 5.88. The van der Waals surface area contributed by atoms with Gasteiger partial charge in [0.2, 0.25) is 5.91 Å². The second-order valence-electron chi connectivity index (χ2n) is 9.24. The molecule has 0 radical (unpaired) electrons. The molecule has 0 aliphatic rings. The van der Waals surface area contributed by atoms with Crippen molar-refractivity contribution in [3.8, 4) is 0 Å². The van der Waals surface area contributed by atoms with E-state index < -0.39 is 14.2 Å². The van der Waals surface area contributed by atoms with E-state index in [0.717, 1.165) is 35.7 Å². The summed E-state index contributed by atoms with van der Waals surface area (Å²) in [4.78, 5) is 39.8. The fraction of sp³-hybridized carbons (Fsp3) is 0.667. The van der Waals surface area contributed by atoms with Gasteiger partial charge >= 0.3 is 8.17 Å². The Bertz CT molecular complexity index is 694. The molecule has 0 aliphatic carbocycles. The van der Waals surface area contributed by atoms with Crippen molar-refractivity contribution >= 4 is 30.0 Å². The Kier molecular flexibility index (Phi) is 18.6. The molecule has 1 aromatic rings. The van der Waals surface area contributed by atoms with Crippen molar-refractivity contribution in [2.24, 2.45) is 0 Å². The van der Waals surface area contributed by atoms with Gasteiger partial charge in [0.25, 0.3) is 0 Å². The molecule has 0 aliphatic heterocycles. The van der Waals surface area contributed by atoms with E-state index in [9.17, 15) is 4.79 Å². The summed E-state index contributed by atoms with van der Waals surface area (Å²) in [6, 6.07) is 7.19. The van der Waals surface area contributed by atoms with Crippen molar-refractivity contribution in [1.29, 1.82) is 0 Å². The van der Waals surface area contributed by atoms with Crippen LogP contribution in [0.4, 0.5) is 0 Å². The molecule has 200 valence electrons. The Labute approximate surface area is 221 Å². The zero-order chi connectivity index (χ0) is 25.8. The maximum atomic E-state index is 12.4. The summed E-state index contributed by atoms with van der Waals surface area (Å²) in [6.45, 7) is 2.08. The molecule has 0 saturated carbocycles. The van der Waals surface area contributed by atoms with E-state index >= 15 is 0 Å². The van der Waals surface area contributed by atoms with Gasteiger partial charge in [-0.25, -0.2) is 0 Å². The number of carbonyl (C=O) groups excluding carboxylic acids is 1. The molecule has 35 heavy (non-hydrogen) atoms. The number of benzene rings is 1. The molecule has 8 heteroatoms. The third-order valence-corrected chi connectivity index (χ3v) is 6.90. The van der Waals surface area contributed by atoms with Gasteiger partial charge in [-0.2, -0.15) is 19.2 Å². The largest absolute Gasteiger partial charge is 0.567 e. The van der Waals surface area contributed by atoms with Crippen LogP contribution < -0.4 is 5.32 Å². The molecule has 1 aromatic carbocycles. The van der Waals surface area contributed by atoms with Gasteiger partial charge in [0.05, 0.1) is 6.04 Å². The first-order valence-electron chi connectivity index (χ1n) is 13.2. The van der Waals surface area contributed by atoms with E-state index in [1.165, 1.54) is 57.8 Å². The van der Waals surface area contributed by atoms with E-state index in [1.807, 2.05) is 24.3 Å². The molecule has 0 spiro atoms. The lowest BCUT2D eigenvalue weighted by molar-refractivity contribution is -0.122. The maximum Gasteiger partial charge on any atom is 0.567 e. The van der Waals surface area contributed by atoms with Crippen LogP contribution in [0, 0.1) is 0 Å². The van der Waals surface area contributed by atoms with E-state index in [2.05, 4.69) is 40.3 Å². The molecule has 1 amide bonds. The molecular weight excluding hydrogens is 529 g/mol. The second kappa shape index (κ2) is 20.3. The lowest BCUT2D eigenvalue weighted by Crippen LogP contribution is -2.39. The lowest BCUT2D eigenvalue weighted by Gasteiger charge is -2.18. The Hall–Kier alpha value is -0.820. The summed E-state index contributed by atoms with van der Waals surface area (Å²) in [5.41, 5.74) is 0.973. The highest BCUT2D eigenvalue weighted by Gasteiger charge is 2.34. The average molecular weight is 576 g/mol. The van der Waals surface area contributed by atoms with Crippen LogP contribution in [0.3, 0.4) is 0 Å². The third kappa shape index (κ3) is 20.0. The van der Waals surface area contributed by atoms with Crippen molar-refractivity contribution in [1.82, 2.24) is 5.32 Å². The standard InChI is InChI=1S/C27H45BrNO5P/c1-2-3-4-5-6-7-8-9-10-11-12-13-14-15-16-17-27(30)29-26(23-34-35(31,32)33)22-24-18-20-25(28)21-19-24/h9-10,18-21,26,31-33H,2-8,11-17,22-23H2,1H3/p+1/b10-9-/t26-/m0/s1. The Morgan fingerprint density at radius 2 is 1.46 bits per heavy atom. The number of hydrogen-bond donors (Lipinski definition) is 4. The van der Waals surface area contributed by atoms with Crippen LogP contribution in [0.1, 0.15) is 102 Å². The molecule has 0 bridgehead atoms. The summed E-state index contributed by atoms with van der Waals surface area (Å²) >= 11 is 3.39. The number of rotatable bonds is 21. The zero-order valence-electron chi connectivity index (χ0n) is 21.3. The van der Waals surface area contributed by atoms with Crippen molar-refractivity contribution in [3.63, 3.8) is 0 Å². The van der Waals surface area contributed by atoms with Crippen molar-refractivity contribution < 1.29 is 24.0 Å². The molecule has 0 aromatic heterocycles.